The molecule has 32 heavy (non-hydrogen) atoms. The fraction of sp³-hybridized carbons (Fsp3) is 0.375. The number of halogens is 1. The second-order valence-corrected chi connectivity index (χ2v) is 8.82. The summed E-state index contributed by atoms with van der Waals surface area (Å²) >= 11 is 6.23. The quantitative estimate of drug-likeness (QED) is 0.557. The number of aryl methyl sites for hydroxylation is 1. The number of nitrogens with zero attached hydrogens (tertiary/aromatic N) is 2. The Balaban J connectivity index is 1.44. The summed E-state index contributed by atoms with van der Waals surface area (Å²) in [4.78, 5) is 21.6. The molecule has 166 valence electrons. The van der Waals surface area contributed by atoms with E-state index >= 15 is 0 Å². The molecule has 1 aliphatic heterocycles. The van der Waals surface area contributed by atoms with Gasteiger partial charge in [-0.1, -0.05) is 17.7 Å². The number of hydrogen-bond acceptors (Lipinski definition) is 7. The third kappa shape index (κ3) is 4.03. The number of fused-ring (bicyclic) bond motifs is 1. The molecule has 2 aromatic heterocycles. The molecule has 0 bridgehead atoms. The summed E-state index contributed by atoms with van der Waals surface area (Å²) in [6.45, 7) is 2.41. The van der Waals surface area contributed by atoms with Crippen LogP contribution in [0.4, 0.5) is 5.82 Å². The molecule has 0 spiro atoms. The van der Waals surface area contributed by atoms with Gasteiger partial charge in [0.05, 0.1) is 18.3 Å². The van der Waals surface area contributed by atoms with Gasteiger partial charge in [0, 0.05) is 22.8 Å². The van der Waals surface area contributed by atoms with Crippen molar-refractivity contribution in [3.05, 3.63) is 75.6 Å². The standard InChI is InChI=1S/C24H24ClN3O4/c1-13-18(23-19-8-15(25)3-2-14(19)6-7-31-23)10-21(32-13)22(30)20-11-26-12-27-24(20)28-16-4-5-17(29)9-16/h2-3,8,10-12,16-17,23,29H,4-7,9H2,1H3,(H,26,27,28)/t16-,17+,23-/m1/s1. The molecule has 1 saturated carbocycles. The van der Waals surface area contributed by atoms with Crippen LogP contribution in [0.5, 0.6) is 0 Å². The summed E-state index contributed by atoms with van der Waals surface area (Å²) in [5, 5.41) is 13.7. The molecule has 1 aromatic carbocycles. The molecule has 3 atom stereocenters. The number of aromatic nitrogens is 2. The van der Waals surface area contributed by atoms with E-state index in [1.165, 1.54) is 18.1 Å². The first-order valence-corrected chi connectivity index (χ1v) is 11.2. The molecule has 5 rings (SSSR count). The van der Waals surface area contributed by atoms with Crippen LogP contribution >= 0.6 is 11.6 Å². The average molecular weight is 454 g/mol. The van der Waals surface area contributed by atoms with Crippen molar-refractivity contribution in [2.45, 2.75) is 50.9 Å². The van der Waals surface area contributed by atoms with Gasteiger partial charge >= 0.3 is 0 Å². The molecule has 7 nitrogen and oxygen atoms in total. The Bertz CT molecular complexity index is 1160. The van der Waals surface area contributed by atoms with Gasteiger partial charge in [-0.05, 0) is 61.9 Å². The van der Waals surface area contributed by atoms with Crippen molar-refractivity contribution < 1.29 is 19.1 Å². The minimum absolute atomic E-state index is 0.0669. The van der Waals surface area contributed by atoms with Gasteiger partial charge < -0.3 is 19.6 Å². The minimum atomic E-state index is -0.340. The Labute approximate surface area is 190 Å². The lowest BCUT2D eigenvalue weighted by Gasteiger charge is -2.26. The molecule has 3 heterocycles. The van der Waals surface area contributed by atoms with Crippen LogP contribution in [0.25, 0.3) is 0 Å². The average Bonchev–Trinajstić information content (AvgIpc) is 3.38. The van der Waals surface area contributed by atoms with E-state index in [1.54, 1.807) is 6.07 Å². The second-order valence-electron chi connectivity index (χ2n) is 8.39. The smallest absolute Gasteiger partial charge is 0.233 e. The summed E-state index contributed by atoms with van der Waals surface area (Å²) in [5.74, 6) is 0.977. The monoisotopic (exact) mass is 453 g/mol. The van der Waals surface area contributed by atoms with E-state index in [0.717, 1.165) is 30.4 Å². The highest BCUT2D eigenvalue weighted by Gasteiger charge is 2.30. The van der Waals surface area contributed by atoms with Crippen LogP contribution in [0.3, 0.4) is 0 Å². The van der Waals surface area contributed by atoms with Crippen molar-refractivity contribution in [3.63, 3.8) is 0 Å². The Morgan fingerprint density at radius 2 is 2.12 bits per heavy atom. The molecule has 2 N–H and O–H groups in total. The van der Waals surface area contributed by atoms with E-state index in [4.69, 9.17) is 20.8 Å². The van der Waals surface area contributed by atoms with Crippen LogP contribution in [0.1, 0.15) is 63.9 Å². The zero-order valence-corrected chi connectivity index (χ0v) is 18.4. The molecule has 3 aromatic rings. The maximum absolute atomic E-state index is 13.3. The van der Waals surface area contributed by atoms with E-state index in [1.807, 2.05) is 25.1 Å². The van der Waals surface area contributed by atoms with Crippen LogP contribution in [0.2, 0.25) is 5.02 Å². The van der Waals surface area contributed by atoms with Gasteiger partial charge in [0.15, 0.2) is 5.76 Å². The largest absolute Gasteiger partial charge is 0.457 e. The molecule has 2 aliphatic rings. The SMILES string of the molecule is Cc1oc(C(=O)c2cncnc2N[C@@H]2CC[C@H](O)C2)cc1[C@H]1OCCc2ccc(Cl)cc21. The molecule has 1 fully saturated rings. The number of aliphatic hydroxyl groups excluding tert-OH is 1. The minimum Gasteiger partial charge on any atom is -0.457 e. The predicted molar refractivity (Wildman–Crippen MR) is 119 cm³/mol. The van der Waals surface area contributed by atoms with Gasteiger partial charge in [-0.15, -0.1) is 0 Å². The Hall–Kier alpha value is -2.74. The number of anilines is 1. The zero-order valence-electron chi connectivity index (χ0n) is 17.7. The third-order valence-electron chi connectivity index (χ3n) is 6.21. The first kappa shape index (κ1) is 21.1. The van der Waals surface area contributed by atoms with Crippen molar-refractivity contribution in [1.82, 2.24) is 9.97 Å². The molecule has 0 unspecified atom stereocenters. The highest BCUT2D eigenvalue weighted by molar-refractivity contribution is 6.30. The fourth-order valence-corrected chi connectivity index (χ4v) is 4.75. The van der Waals surface area contributed by atoms with E-state index in [9.17, 15) is 9.90 Å². The zero-order chi connectivity index (χ0) is 22.2. The fourth-order valence-electron chi connectivity index (χ4n) is 4.57. The van der Waals surface area contributed by atoms with E-state index in [0.29, 0.717) is 35.2 Å². The van der Waals surface area contributed by atoms with Gasteiger partial charge in [-0.25, -0.2) is 9.97 Å². The highest BCUT2D eigenvalue weighted by atomic mass is 35.5. The van der Waals surface area contributed by atoms with Crippen LogP contribution in [0.15, 0.2) is 41.2 Å². The first-order valence-electron chi connectivity index (χ1n) is 10.8. The number of nitrogens with one attached hydrogen (secondary N) is 1. The number of carbonyl (C=O) groups excluding carboxylic acids is 1. The van der Waals surface area contributed by atoms with E-state index in [2.05, 4.69) is 15.3 Å². The maximum atomic E-state index is 13.3. The van der Waals surface area contributed by atoms with E-state index in [-0.39, 0.29) is 29.8 Å². The van der Waals surface area contributed by atoms with Gasteiger partial charge in [0.2, 0.25) is 5.78 Å². The lowest BCUT2D eigenvalue weighted by Crippen LogP contribution is -2.20. The number of rotatable bonds is 5. The third-order valence-corrected chi connectivity index (χ3v) is 6.45. The van der Waals surface area contributed by atoms with Gasteiger partial charge in [-0.3, -0.25) is 4.79 Å². The lowest BCUT2D eigenvalue weighted by molar-refractivity contribution is 0.0689. The number of benzene rings is 1. The lowest BCUT2D eigenvalue weighted by atomic mass is 9.93. The number of aliphatic hydroxyl groups is 1. The Morgan fingerprint density at radius 3 is 2.94 bits per heavy atom. The summed E-state index contributed by atoms with van der Waals surface area (Å²) in [6, 6.07) is 7.63. The first-order chi connectivity index (χ1) is 15.5. The number of ether oxygens (including phenoxy) is 1. The predicted octanol–water partition coefficient (Wildman–Crippen LogP) is 4.25. The van der Waals surface area contributed by atoms with Crippen LogP contribution in [0, 0.1) is 6.92 Å². The van der Waals surface area contributed by atoms with Gasteiger partial charge in [0.25, 0.3) is 0 Å². The van der Waals surface area contributed by atoms with Crippen LogP contribution in [-0.4, -0.2) is 39.6 Å². The summed E-state index contributed by atoms with van der Waals surface area (Å²) in [7, 11) is 0. The molecule has 8 heteroatoms. The van der Waals surface area contributed by atoms with Crippen molar-refractivity contribution in [2.75, 3.05) is 11.9 Å². The number of furan rings is 1. The van der Waals surface area contributed by atoms with Crippen molar-refractivity contribution in [3.8, 4) is 0 Å². The molecule has 0 amide bonds. The Kier molecular flexibility index (Phi) is 5.71. The Morgan fingerprint density at radius 1 is 1.25 bits per heavy atom. The summed E-state index contributed by atoms with van der Waals surface area (Å²) in [5.41, 5.74) is 3.32. The maximum Gasteiger partial charge on any atom is 0.233 e. The number of hydrogen-bond donors (Lipinski definition) is 2. The van der Waals surface area contributed by atoms with Crippen LogP contribution in [-0.2, 0) is 11.2 Å². The molecule has 0 saturated heterocycles. The van der Waals surface area contributed by atoms with Gasteiger partial charge in [-0.2, -0.15) is 0 Å². The van der Waals surface area contributed by atoms with Crippen molar-refractivity contribution in [1.29, 1.82) is 0 Å². The molecular formula is C24H24ClN3O4. The van der Waals surface area contributed by atoms with E-state index < -0.39 is 0 Å². The van der Waals surface area contributed by atoms with Crippen molar-refractivity contribution >= 4 is 23.2 Å². The number of ketones is 1. The molecule has 0 radical (unpaired) electrons. The van der Waals surface area contributed by atoms with Crippen molar-refractivity contribution in [2.24, 2.45) is 0 Å². The van der Waals surface area contributed by atoms with Crippen LogP contribution < -0.4 is 5.32 Å². The molecule has 1 aliphatic carbocycles. The second kappa shape index (κ2) is 8.65. The summed E-state index contributed by atoms with van der Waals surface area (Å²) in [6.07, 6.45) is 5.24. The highest BCUT2D eigenvalue weighted by Crippen LogP contribution is 2.37. The van der Waals surface area contributed by atoms with Gasteiger partial charge in [0.1, 0.15) is 24.0 Å². The number of carbonyl (C=O) groups is 1. The topological polar surface area (TPSA) is 97.5 Å². The normalized spacial score (nSPS) is 22.5. The summed E-state index contributed by atoms with van der Waals surface area (Å²) < 4.78 is 11.9. The molecular weight excluding hydrogens is 430 g/mol.